The van der Waals surface area contributed by atoms with E-state index in [0.29, 0.717) is 0 Å². The zero-order valence-electron chi connectivity index (χ0n) is 9.85. The van der Waals surface area contributed by atoms with Crippen LogP contribution < -0.4 is 0 Å². The molecular weight excluding hydrogens is 188 g/mol. The van der Waals surface area contributed by atoms with Crippen LogP contribution in [0.25, 0.3) is 0 Å². The minimum Gasteiger partial charge on any atom is -0.130 e. The summed E-state index contributed by atoms with van der Waals surface area (Å²) < 4.78 is 0. The highest BCUT2D eigenvalue weighted by Crippen LogP contribution is 2.28. The summed E-state index contributed by atoms with van der Waals surface area (Å²) in [4.78, 5) is 1.38. The molecule has 0 amide bonds. The second-order valence-corrected chi connectivity index (χ2v) is 5.55. The SMILES string of the molecule is CCc1cc(SC)cc(C(C)(C)C)c1. The summed E-state index contributed by atoms with van der Waals surface area (Å²) in [5, 5.41) is 0. The number of rotatable bonds is 2. The van der Waals surface area contributed by atoms with E-state index in [4.69, 9.17) is 0 Å². The van der Waals surface area contributed by atoms with Gasteiger partial charge in [0.25, 0.3) is 0 Å². The number of aryl methyl sites for hydroxylation is 1. The Balaban J connectivity index is 3.17. The fourth-order valence-corrected chi connectivity index (χ4v) is 1.93. The van der Waals surface area contributed by atoms with Crippen molar-refractivity contribution in [3.05, 3.63) is 29.3 Å². The van der Waals surface area contributed by atoms with Gasteiger partial charge in [-0.15, -0.1) is 11.8 Å². The van der Waals surface area contributed by atoms with Gasteiger partial charge in [-0.05, 0) is 41.4 Å². The van der Waals surface area contributed by atoms with Crippen LogP contribution in [0.5, 0.6) is 0 Å². The molecule has 0 aliphatic heterocycles. The van der Waals surface area contributed by atoms with Gasteiger partial charge in [0.2, 0.25) is 0 Å². The van der Waals surface area contributed by atoms with Gasteiger partial charge in [0, 0.05) is 4.90 Å². The van der Waals surface area contributed by atoms with Gasteiger partial charge < -0.3 is 0 Å². The van der Waals surface area contributed by atoms with E-state index >= 15 is 0 Å². The Morgan fingerprint density at radius 1 is 1.14 bits per heavy atom. The summed E-state index contributed by atoms with van der Waals surface area (Å²) in [5.74, 6) is 0. The van der Waals surface area contributed by atoms with Crippen LogP contribution in [-0.4, -0.2) is 6.26 Å². The molecule has 0 heterocycles. The predicted molar refractivity (Wildman–Crippen MR) is 66.3 cm³/mol. The average molecular weight is 208 g/mol. The molecule has 0 unspecified atom stereocenters. The van der Waals surface area contributed by atoms with Crippen LogP contribution in [0.1, 0.15) is 38.8 Å². The molecule has 0 bridgehead atoms. The van der Waals surface area contributed by atoms with Crippen molar-refractivity contribution >= 4 is 11.8 Å². The first kappa shape index (κ1) is 11.6. The van der Waals surface area contributed by atoms with Crippen LogP contribution in [0.2, 0.25) is 0 Å². The van der Waals surface area contributed by atoms with Crippen LogP contribution in [0.4, 0.5) is 0 Å². The van der Waals surface area contributed by atoms with Gasteiger partial charge >= 0.3 is 0 Å². The van der Waals surface area contributed by atoms with Gasteiger partial charge in [-0.3, -0.25) is 0 Å². The Hall–Kier alpha value is -0.430. The number of hydrogen-bond acceptors (Lipinski definition) is 1. The van der Waals surface area contributed by atoms with Crippen LogP contribution in [0, 0.1) is 0 Å². The Bertz CT molecular complexity index is 285. The zero-order valence-corrected chi connectivity index (χ0v) is 10.7. The highest BCUT2D eigenvalue weighted by atomic mass is 32.2. The molecule has 1 aromatic carbocycles. The molecule has 1 aromatic rings. The summed E-state index contributed by atoms with van der Waals surface area (Å²) in [6, 6.07) is 6.93. The first-order valence-corrected chi connectivity index (χ1v) is 6.38. The number of hydrogen-bond donors (Lipinski definition) is 0. The molecule has 0 aromatic heterocycles. The molecule has 0 aliphatic carbocycles. The van der Waals surface area contributed by atoms with E-state index in [9.17, 15) is 0 Å². The largest absolute Gasteiger partial charge is 0.130 e. The van der Waals surface area contributed by atoms with Crippen molar-refractivity contribution in [1.82, 2.24) is 0 Å². The van der Waals surface area contributed by atoms with Gasteiger partial charge in [-0.2, -0.15) is 0 Å². The summed E-state index contributed by atoms with van der Waals surface area (Å²) in [6.07, 6.45) is 3.26. The minimum atomic E-state index is 0.260. The number of thioether (sulfide) groups is 1. The summed E-state index contributed by atoms with van der Waals surface area (Å²) in [6.45, 7) is 9.02. The molecule has 0 nitrogen and oxygen atoms in total. The highest BCUT2D eigenvalue weighted by molar-refractivity contribution is 7.98. The summed E-state index contributed by atoms with van der Waals surface area (Å²) in [5.41, 5.74) is 3.15. The molecule has 1 heteroatoms. The maximum absolute atomic E-state index is 2.33. The second-order valence-electron chi connectivity index (χ2n) is 4.67. The fourth-order valence-electron chi connectivity index (χ4n) is 1.42. The lowest BCUT2D eigenvalue weighted by Gasteiger charge is -2.20. The van der Waals surface area contributed by atoms with E-state index in [2.05, 4.69) is 52.1 Å². The third-order valence-electron chi connectivity index (χ3n) is 2.48. The molecule has 1 rings (SSSR count). The monoisotopic (exact) mass is 208 g/mol. The van der Waals surface area contributed by atoms with Crippen molar-refractivity contribution in [2.24, 2.45) is 0 Å². The van der Waals surface area contributed by atoms with Crippen LogP contribution in [-0.2, 0) is 11.8 Å². The van der Waals surface area contributed by atoms with Crippen LogP contribution in [0.15, 0.2) is 23.1 Å². The molecule has 0 aliphatic rings. The first-order chi connectivity index (χ1) is 6.47. The third-order valence-corrected chi connectivity index (χ3v) is 3.18. The van der Waals surface area contributed by atoms with Crippen LogP contribution in [0.3, 0.4) is 0 Å². The number of benzene rings is 1. The molecule has 0 saturated carbocycles. The van der Waals surface area contributed by atoms with Gasteiger partial charge in [0.1, 0.15) is 0 Å². The predicted octanol–water partition coefficient (Wildman–Crippen LogP) is 4.27. The minimum absolute atomic E-state index is 0.260. The normalized spacial score (nSPS) is 11.8. The Kier molecular flexibility index (Phi) is 3.65. The van der Waals surface area contributed by atoms with Crippen LogP contribution >= 0.6 is 11.8 Å². The van der Waals surface area contributed by atoms with Crippen molar-refractivity contribution < 1.29 is 0 Å². The molecule has 14 heavy (non-hydrogen) atoms. The molecule has 0 atom stereocenters. The van der Waals surface area contributed by atoms with E-state index in [1.165, 1.54) is 16.0 Å². The Morgan fingerprint density at radius 3 is 2.21 bits per heavy atom. The fraction of sp³-hybridized carbons (Fsp3) is 0.538. The first-order valence-electron chi connectivity index (χ1n) is 5.16. The molecule has 78 valence electrons. The molecule has 0 radical (unpaired) electrons. The quantitative estimate of drug-likeness (QED) is 0.654. The van der Waals surface area contributed by atoms with E-state index < -0.39 is 0 Å². The van der Waals surface area contributed by atoms with E-state index in [-0.39, 0.29) is 5.41 Å². The van der Waals surface area contributed by atoms with E-state index in [1.54, 1.807) is 0 Å². The molecule has 0 saturated heterocycles. The van der Waals surface area contributed by atoms with Gasteiger partial charge in [-0.1, -0.05) is 33.8 Å². The topological polar surface area (TPSA) is 0 Å². The molecule has 0 spiro atoms. The second kappa shape index (κ2) is 4.39. The lowest BCUT2D eigenvalue weighted by molar-refractivity contribution is 0.587. The van der Waals surface area contributed by atoms with E-state index in [1.807, 2.05) is 11.8 Å². The molecule has 0 N–H and O–H groups in total. The van der Waals surface area contributed by atoms with Crippen molar-refractivity contribution in [2.75, 3.05) is 6.26 Å². The summed E-state index contributed by atoms with van der Waals surface area (Å²) >= 11 is 1.83. The average Bonchev–Trinajstić information content (AvgIpc) is 2.15. The Labute approximate surface area is 92.1 Å². The smallest absolute Gasteiger partial charge is 0.00748 e. The zero-order chi connectivity index (χ0) is 10.8. The van der Waals surface area contributed by atoms with Gasteiger partial charge in [-0.25, -0.2) is 0 Å². The lowest BCUT2D eigenvalue weighted by atomic mass is 9.86. The van der Waals surface area contributed by atoms with Crippen molar-refractivity contribution in [3.63, 3.8) is 0 Å². The molecule has 0 fully saturated rings. The van der Waals surface area contributed by atoms with E-state index in [0.717, 1.165) is 6.42 Å². The lowest BCUT2D eigenvalue weighted by Crippen LogP contribution is -2.11. The van der Waals surface area contributed by atoms with Crippen molar-refractivity contribution in [1.29, 1.82) is 0 Å². The Morgan fingerprint density at radius 2 is 1.79 bits per heavy atom. The summed E-state index contributed by atoms with van der Waals surface area (Å²) in [7, 11) is 0. The maximum atomic E-state index is 2.33. The van der Waals surface area contributed by atoms with Gasteiger partial charge in [0.05, 0.1) is 0 Å². The maximum Gasteiger partial charge on any atom is 0.00748 e. The molecular formula is C13H20S. The van der Waals surface area contributed by atoms with Crippen molar-refractivity contribution in [3.8, 4) is 0 Å². The highest BCUT2D eigenvalue weighted by Gasteiger charge is 2.14. The third kappa shape index (κ3) is 2.78. The van der Waals surface area contributed by atoms with Gasteiger partial charge in [0.15, 0.2) is 0 Å². The standard InChI is InChI=1S/C13H20S/c1-6-10-7-11(13(2,3)4)9-12(8-10)14-5/h7-9H,6H2,1-5H3. The van der Waals surface area contributed by atoms with Crippen molar-refractivity contribution in [2.45, 2.75) is 44.4 Å².